The van der Waals surface area contributed by atoms with Gasteiger partial charge in [-0.2, -0.15) is 5.10 Å². The highest BCUT2D eigenvalue weighted by Crippen LogP contribution is 2.22. The average molecular weight is 329 g/mol. The van der Waals surface area contributed by atoms with E-state index in [1.807, 2.05) is 26.0 Å². The maximum absolute atomic E-state index is 11.0. The molecule has 23 heavy (non-hydrogen) atoms. The Hall–Kier alpha value is -2.73. The summed E-state index contributed by atoms with van der Waals surface area (Å²) in [7, 11) is 0. The SMILES string of the molecule is Cc1nc(-c2ccc(Cl)cc2)nc(-n2ccc(C(=O)O)n2)c1C. The predicted octanol–water partition coefficient (Wildman–Crippen LogP) is 3.30. The van der Waals surface area contributed by atoms with E-state index in [1.54, 1.807) is 18.3 Å². The maximum Gasteiger partial charge on any atom is 0.356 e. The lowest BCUT2D eigenvalue weighted by Gasteiger charge is -2.10. The monoisotopic (exact) mass is 328 g/mol. The molecule has 0 fully saturated rings. The van der Waals surface area contributed by atoms with Crippen molar-refractivity contribution in [3.8, 4) is 17.2 Å². The molecule has 0 spiro atoms. The smallest absolute Gasteiger partial charge is 0.356 e. The first kappa shape index (κ1) is 15.2. The number of aromatic nitrogens is 4. The van der Waals surface area contributed by atoms with Crippen LogP contribution in [-0.4, -0.2) is 30.8 Å². The van der Waals surface area contributed by atoms with E-state index in [0.717, 1.165) is 16.8 Å². The third kappa shape index (κ3) is 2.93. The number of nitrogens with zero attached hydrogens (tertiary/aromatic N) is 4. The second-order valence-corrected chi connectivity index (χ2v) is 5.48. The zero-order valence-electron chi connectivity index (χ0n) is 12.5. The van der Waals surface area contributed by atoms with E-state index in [2.05, 4.69) is 15.1 Å². The Morgan fingerprint density at radius 2 is 1.83 bits per heavy atom. The summed E-state index contributed by atoms with van der Waals surface area (Å²) in [6.45, 7) is 3.75. The molecule has 1 N–H and O–H groups in total. The van der Waals surface area contributed by atoms with Gasteiger partial charge in [0, 0.05) is 28.0 Å². The number of rotatable bonds is 3. The molecule has 0 atom stereocenters. The second-order valence-electron chi connectivity index (χ2n) is 5.04. The Kier molecular flexibility index (Phi) is 3.83. The molecule has 3 rings (SSSR count). The number of carboxylic acids is 1. The zero-order valence-corrected chi connectivity index (χ0v) is 13.2. The first-order chi connectivity index (χ1) is 11.0. The third-order valence-electron chi connectivity index (χ3n) is 3.49. The molecule has 1 aromatic carbocycles. The van der Waals surface area contributed by atoms with Crippen LogP contribution in [0.5, 0.6) is 0 Å². The van der Waals surface area contributed by atoms with Gasteiger partial charge in [0.1, 0.15) is 0 Å². The van der Waals surface area contributed by atoms with Crippen LogP contribution < -0.4 is 0 Å². The molecule has 0 saturated carbocycles. The van der Waals surface area contributed by atoms with Crippen LogP contribution in [0.1, 0.15) is 21.7 Å². The molecular formula is C16H13ClN4O2. The van der Waals surface area contributed by atoms with Gasteiger partial charge in [-0.3, -0.25) is 0 Å². The van der Waals surface area contributed by atoms with Gasteiger partial charge >= 0.3 is 5.97 Å². The molecular weight excluding hydrogens is 316 g/mol. The number of carbonyl (C=O) groups is 1. The second kappa shape index (κ2) is 5.81. The summed E-state index contributed by atoms with van der Waals surface area (Å²) in [4.78, 5) is 20.0. The van der Waals surface area contributed by atoms with Crippen LogP contribution in [-0.2, 0) is 0 Å². The van der Waals surface area contributed by atoms with Crippen molar-refractivity contribution in [3.63, 3.8) is 0 Å². The van der Waals surface area contributed by atoms with Crippen LogP contribution in [0, 0.1) is 13.8 Å². The van der Waals surface area contributed by atoms with Crippen molar-refractivity contribution in [1.29, 1.82) is 0 Å². The highest BCUT2D eigenvalue weighted by atomic mass is 35.5. The van der Waals surface area contributed by atoms with Crippen LogP contribution >= 0.6 is 11.6 Å². The maximum atomic E-state index is 11.0. The first-order valence-corrected chi connectivity index (χ1v) is 7.24. The molecule has 0 aliphatic carbocycles. The van der Waals surface area contributed by atoms with E-state index in [1.165, 1.54) is 10.7 Å². The highest BCUT2D eigenvalue weighted by molar-refractivity contribution is 6.30. The summed E-state index contributed by atoms with van der Waals surface area (Å²) in [6, 6.07) is 8.64. The van der Waals surface area contributed by atoms with Crippen molar-refractivity contribution in [2.24, 2.45) is 0 Å². The number of carboxylic acid groups (broad SMARTS) is 1. The lowest BCUT2D eigenvalue weighted by Crippen LogP contribution is -2.08. The summed E-state index contributed by atoms with van der Waals surface area (Å²) in [6.07, 6.45) is 1.57. The number of hydrogen-bond donors (Lipinski definition) is 1. The molecule has 0 aliphatic rings. The van der Waals surface area contributed by atoms with E-state index >= 15 is 0 Å². The zero-order chi connectivity index (χ0) is 16.6. The van der Waals surface area contributed by atoms with Crippen molar-refractivity contribution in [2.75, 3.05) is 0 Å². The van der Waals surface area contributed by atoms with Crippen molar-refractivity contribution in [3.05, 3.63) is 58.5 Å². The summed E-state index contributed by atoms with van der Waals surface area (Å²) >= 11 is 5.90. The molecule has 0 radical (unpaired) electrons. The van der Waals surface area contributed by atoms with Crippen LogP contribution in [0.3, 0.4) is 0 Å². The molecule has 0 aliphatic heterocycles. The van der Waals surface area contributed by atoms with Crippen LogP contribution in [0.15, 0.2) is 36.5 Å². The molecule has 0 bridgehead atoms. The first-order valence-electron chi connectivity index (χ1n) is 6.86. The van der Waals surface area contributed by atoms with E-state index in [0.29, 0.717) is 16.7 Å². The van der Waals surface area contributed by atoms with Gasteiger partial charge in [-0.15, -0.1) is 0 Å². The van der Waals surface area contributed by atoms with Crippen LogP contribution in [0.2, 0.25) is 5.02 Å². The highest BCUT2D eigenvalue weighted by Gasteiger charge is 2.14. The fraction of sp³-hybridized carbons (Fsp3) is 0.125. The van der Waals surface area contributed by atoms with Crippen LogP contribution in [0.25, 0.3) is 17.2 Å². The molecule has 3 aromatic rings. The lowest BCUT2D eigenvalue weighted by molar-refractivity contribution is 0.0690. The largest absolute Gasteiger partial charge is 0.476 e. The van der Waals surface area contributed by atoms with E-state index < -0.39 is 5.97 Å². The fourth-order valence-corrected chi connectivity index (χ4v) is 2.25. The molecule has 6 nitrogen and oxygen atoms in total. The molecule has 0 saturated heterocycles. The van der Waals surface area contributed by atoms with Gasteiger partial charge in [-0.25, -0.2) is 19.4 Å². The summed E-state index contributed by atoms with van der Waals surface area (Å²) < 4.78 is 1.45. The van der Waals surface area contributed by atoms with Crippen molar-refractivity contribution < 1.29 is 9.90 Å². The van der Waals surface area contributed by atoms with E-state index in [-0.39, 0.29) is 5.69 Å². The van der Waals surface area contributed by atoms with Gasteiger partial charge in [0.25, 0.3) is 0 Å². The number of aryl methyl sites for hydroxylation is 1. The van der Waals surface area contributed by atoms with Crippen molar-refractivity contribution >= 4 is 17.6 Å². The summed E-state index contributed by atoms with van der Waals surface area (Å²) in [5.74, 6) is 0.00666. The summed E-state index contributed by atoms with van der Waals surface area (Å²) in [5, 5.41) is 13.7. The van der Waals surface area contributed by atoms with E-state index in [4.69, 9.17) is 16.7 Å². The van der Waals surface area contributed by atoms with Gasteiger partial charge < -0.3 is 5.11 Å². The average Bonchev–Trinajstić information content (AvgIpc) is 3.00. The van der Waals surface area contributed by atoms with Crippen molar-refractivity contribution in [2.45, 2.75) is 13.8 Å². The Morgan fingerprint density at radius 1 is 1.13 bits per heavy atom. The fourth-order valence-electron chi connectivity index (χ4n) is 2.12. The molecule has 2 heterocycles. The standard InChI is InChI=1S/C16H13ClN4O2/c1-9-10(2)18-14(11-3-5-12(17)6-4-11)19-15(9)21-8-7-13(20-21)16(22)23/h3-8H,1-2H3,(H,22,23). The number of halogens is 1. The molecule has 0 unspecified atom stereocenters. The molecule has 2 aromatic heterocycles. The summed E-state index contributed by atoms with van der Waals surface area (Å²) in [5.41, 5.74) is 2.42. The predicted molar refractivity (Wildman–Crippen MR) is 86.0 cm³/mol. The molecule has 7 heteroatoms. The van der Waals surface area contributed by atoms with Gasteiger partial charge in [0.15, 0.2) is 17.3 Å². The van der Waals surface area contributed by atoms with Gasteiger partial charge in [0.2, 0.25) is 0 Å². The minimum Gasteiger partial charge on any atom is -0.476 e. The Balaban J connectivity index is 2.13. The van der Waals surface area contributed by atoms with Crippen LogP contribution in [0.4, 0.5) is 0 Å². The molecule has 116 valence electrons. The van der Waals surface area contributed by atoms with Crippen molar-refractivity contribution in [1.82, 2.24) is 19.7 Å². The minimum absolute atomic E-state index is 0.0336. The van der Waals surface area contributed by atoms with Gasteiger partial charge in [-0.05, 0) is 44.2 Å². The number of aromatic carboxylic acids is 1. The normalized spacial score (nSPS) is 10.7. The Labute approximate surface area is 137 Å². The third-order valence-corrected chi connectivity index (χ3v) is 3.74. The quantitative estimate of drug-likeness (QED) is 0.797. The lowest BCUT2D eigenvalue weighted by atomic mass is 10.2. The molecule has 0 amide bonds. The number of benzene rings is 1. The van der Waals surface area contributed by atoms with Gasteiger partial charge in [0.05, 0.1) is 0 Å². The topological polar surface area (TPSA) is 80.9 Å². The Morgan fingerprint density at radius 3 is 2.43 bits per heavy atom. The number of hydrogen-bond acceptors (Lipinski definition) is 4. The van der Waals surface area contributed by atoms with E-state index in [9.17, 15) is 4.79 Å². The Bertz CT molecular complexity index is 888. The van der Waals surface area contributed by atoms with Gasteiger partial charge in [-0.1, -0.05) is 11.6 Å². The minimum atomic E-state index is -1.08.